The summed E-state index contributed by atoms with van der Waals surface area (Å²) in [6.45, 7) is 0. The molecule has 0 fully saturated rings. The number of rotatable bonds is 3. The largest absolute Gasteiger partial charge is 0.481 e. The molecular formula is C51H36N2O. The number of benzene rings is 7. The van der Waals surface area contributed by atoms with E-state index >= 15 is 0 Å². The number of allylic oxidation sites excluding steroid dienone is 4. The van der Waals surface area contributed by atoms with Gasteiger partial charge in [0.25, 0.3) is 0 Å². The average molecular weight is 693 g/mol. The maximum atomic E-state index is 6.64. The third kappa shape index (κ3) is 4.02. The van der Waals surface area contributed by atoms with Crippen LogP contribution < -0.4 is 10.1 Å². The SMILES string of the molecule is C1=CCC2C(=C1)C1(c3cc(C4N=C5c6ccccc6OC5C(c5ccccc5)N4)ccc3-c3c1cc1ccccc1c3-c1ccccc1)c1ccccc12. The predicted molar refractivity (Wildman–Crippen MR) is 218 cm³/mol. The highest BCUT2D eigenvalue weighted by molar-refractivity contribution is 6.10. The van der Waals surface area contributed by atoms with Crippen molar-refractivity contribution in [2.24, 2.45) is 4.99 Å². The van der Waals surface area contributed by atoms with Crippen LogP contribution in [0.1, 0.15) is 63.5 Å². The fourth-order valence-corrected chi connectivity index (χ4v) is 10.5. The molecule has 7 aromatic rings. The molecule has 0 aromatic heterocycles. The molecule has 0 amide bonds. The van der Waals surface area contributed by atoms with Gasteiger partial charge in [-0.1, -0.05) is 158 Å². The first kappa shape index (κ1) is 30.2. The molecule has 54 heavy (non-hydrogen) atoms. The summed E-state index contributed by atoms with van der Waals surface area (Å²) < 4.78 is 6.64. The third-order valence-electron chi connectivity index (χ3n) is 12.6. The Bertz CT molecular complexity index is 2780. The van der Waals surface area contributed by atoms with E-state index in [9.17, 15) is 0 Å². The van der Waals surface area contributed by atoms with Crippen LogP contribution in [0.25, 0.3) is 33.0 Å². The van der Waals surface area contributed by atoms with E-state index in [1.807, 2.05) is 6.07 Å². The number of nitrogens with zero attached hydrogens (tertiary/aromatic N) is 1. The molecule has 7 aromatic carbocycles. The Morgan fingerprint density at radius 3 is 2.31 bits per heavy atom. The molecule has 0 saturated carbocycles. The number of hydrogen-bond acceptors (Lipinski definition) is 3. The summed E-state index contributed by atoms with van der Waals surface area (Å²) in [5, 5.41) is 6.54. The van der Waals surface area contributed by atoms with Crippen molar-refractivity contribution in [2.45, 2.75) is 36.1 Å². The van der Waals surface area contributed by atoms with Crippen LogP contribution in [0.4, 0.5) is 0 Å². The zero-order valence-corrected chi connectivity index (χ0v) is 29.6. The van der Waals surface area contributed by atoms with Crippen molar-refractivity contribution in [3.8, 4) is 28.0 Å². The van der Waals surface area contributed by atoms with Crippen LogP contribution in [-0.2, 0) is 5.41 Å². The molecule has 0 saturated heterocycles. The number of aliphatic imine (C=N–C) groups is 1. The van der Waals surface area contributed by atoms with E-state index in [2.05, 4.69) is 175 Å². The van der Waals surface area contributed by atoms with Crippen molar-refractivity contribution >= 4 is 16.5 Å². The molecule has 3 heteroatoms. The Kier molecular flexibility index (Phi) is 6.35. The van der Waals surface area contributed by atoms with E-state index in [1.54, 1.807) is 0 Å². The van der Waals surface area contributed by atoms with E-state index in [0.717, 1.165) is 29.0 Å². The lowest BCUT2D eigenvalue weighted by Crippen LogP contribution is -2.44. The second kappa shape index (κ2) is 11.4. The minimum Gasteiger partial charge on any atom is -0.481 e. The Hall–Kier alpha value is -6.29. The van der Waals surface area contributed by atoms with Crippen molar-refractivity contribution in [1.82, 2.24) is 5.32 Å². The van der Waals surface area contributed by atoms with Gasteiger partial charge in [0.2, 0.25) is 0 Å². The lowest BCUT2D eigenvalue weighted by Gasteiger charge is -2.35. The van der Waals surface area contributed by atoms with Crippen molar-refractivity contribution in [3.05, 3.63) is 220 Å². The summed E-state index contributed by atoms with van der Waals surface area (Å²) >= 11 is 0. The van der Waals surface area contributed by atoms with Gasteiger partial charge in [-0.25, -0.2) is 0 Å². The Morgan fingerprint density at radius 2 is 1.41 bits per heavy atom. The minimum absolute atomic E-state index is 0.0618. The Balaban J connectivity index is 1.15. The van der Waals surface area contributed by atoms with E-state index in [0.29, 0.717) is 5.92 Å². The van der Waals surface area contributed by atoms with Gasteiger partial charge in [0.15, 0.2) is 6.10 Å². The van der Waals surface area contributed by atoms with Gasteiger partial charge in [-0.3, -0.25) is 10.3 Å². The summed E-state index contributed by atoms with van der Waals surface area (Å²) in [7, 11) is 0. The zero-order chi connectivity index (χ0) is 35.4. The van der Waals surface area contributed by atoms with Crippen LogP contribution in [0.15, 0.2) is 187 Å². The van der Waals surface area contributed by atoms with Crippen molar-refractivity contribution < 1.29 is 4.74 Å². The van der Waals surface area contributed by atoms with Gasteiger partial charge >= 0.3 is 0 Å². The van der Waals surface area contributed by atoms with Gasteiger partial charge in [-0.15, -0.1) is 0 Å². The molecular weight excluding hydrogens is 657 g/mol. The molecule has 1 N–H and O–H groups in total. The fourth-order valence-electron chi connectivity index (χ4n) is 10.5. The summed E-state index contributed by atoms with van der Waals surface area (Å²) in [4.78, 5) is 5.51. The topological polar surface area (TPSA) is 33.6 Å². The summed E-state index contributed by atoms with van der Waals surface area (Å²) in [6, 6.07) is 57.9. The molecule has 5 aliphatic rings. The van der Waals surface area contributed by atoms with Crippen LogP contribution >= 0.6 is 0 Å². The third-order valence-corrected chi connectivity index (χ3v) is 12.6. The van der Waals surface area contributed by atoms with E-state index in [1.165, 1.54) is 66.4 Å². The summed E-state index contributed by atoms with van der Waals surface area (Å²) in [6.07, 6.45) is 7.61. The van der Waals surface area contributed by atoms with Crippen LogP contribution in [0.2, 0.25) is 0 Å². The van der Waals surface area contributed by atoms with E-state index in [4.69, 9.17) is 9.73 Å². The molecule has 2 heterocycles. The summed E-state index contributed by atoms with van der Waals surface area (Å²) in [5.74, 6) is 1.23. The average Bonchev–Trinajstić information content (AvgIpc) is 3.87. The van der Waals surface area contributed by atoms with Crippen LogP contribution in [0.5, 0.6) is 5.75 Å². The van der Waals surface area contributed by atoms with E-state index in [-0.39, 0.29) is 18.3 Å². The molecule has 5 atom stereocenters. The molecule has 1 spiro atoms. The van der Waals surface area contributed by atoms with Gasteiger partial charge in [-0.2, -0.15) is 0 Å². The standard InChI is InChI=1S/C51H36N2O/c1-3-15-31(16-4-1)45-35-20-8-7-19-33(35)29-43-46(45)38-28-27-34(30-42(38)51(43)40-24-12-9-21-36(40)37-22-10-13-25-41(37)51)50-52-47(32-17-5-2-6-18-32)49-48(53-50)39-23-11-14-26-44(39)54-49/h1-21,23-30,37,47,49-50,52H,22H2. The van der Waals surface area contributed by atoms with Gasteiger partial charge in [0.05, 0.1) is 17.2 Å². The molecule has 3 aliphatic carbocycles. The van der Waals surface area contributed by atoms with Crippen LogP contribution in [0.3, 0.4) is 0 Å². The first-order valence-corrected chi connectivity index (χ1v) is 19.2. The Labute approximate surface area is 315 Å². The molecule has 0 radical (unpaired) electrons. The number of nitrogens with one attached hydrogen (secondary N) is 1. The van der Waals surface area contributed by atoms with Crippen LogP contribution in [-0.4, -0.2) is 11.8 Å². The minimum atomic E-state index is -0.438. The smallest absolute Gasteiger partial charge is 0.160 e. The maximum absolute atomic E-state index is 6.64. The lowest BCUT2D eigenvalue weighted by atomic mass is 9.68. The molecule has 0 bridgehead atoms. The van der Waals surface area contributed by atoms with Gasteiger partial charge < -0.3 is 4.74 Å². The van der Waals surface area contributed by atoms with Crippen LogP contribution in [0, 0.1) is 0 Å². The molecule has 2 aliphatic heterocycles. The highest BCUT2D eigenvalue weighted by atomic mass is 16.5. The number of para-hydroxylation sites is 1. The molecule has 256 valence electrons. The van der Waals surface area contributed by atoms with E-state index < -0.39 is 5.41 Å². The van der Waals surface area contributed by atoms with Crippen molar-refractivity contribution in [2.75, 3.05) is 0 Å². The monoisotopic (exact) mass is 692 g/mol. The Morgan fingerprint density at radius 1 is 0.630 bits per heavy atom. The lowest BCUT2D eigenvalue weighted by molar-refractivity contribution is 0.205. The molecule has 12 rings (SSSR count). The van der Waals surface area contributed by atoms with Gasteiger partial charge in [0.1, 0.15) is 11.9 Å². The van der Waals surface area contributed by atoms with Crippen molar-refractivity contribution in [1.29, 1.82) is 0 Å². The second-order valence-electron chi connectivity index (χ2n) is 15.2. The molecule has 3 nitrogen and oxygen atoms in total. The zero-order valence-electron chi connectivity index (χ0n) is 29.6. The first-order valence-electron chi connectivity index (χ1n) is 19.2. The predicted octanol–water partition coefficient (Wildman–Crippen LogP) is 11.4. The quantitative estimate of drug-likeness (QED) is 0.200. The highest BCUT2D eigenvalue weighted by Gasteiger charge is 2.56. The fraction of sp³-hybridized carbons (Fsp3) is 0.118. The van der Waals surface area contributed by atoms with Gasteiger partial charge in [-0.05, 0) is 96.6 Å². The van der Waals surface area contributed by atoms with Gasteiger partial charge in [0, 0.05) is 11.5 Å². The second-order valence-corrected chi connectivity index (χ2v) is 15.2. The van der Waals surface area contributed by atoms with Crippen molar-refractivity contribution in [3.63, 3.8) is 0 Å². The number of fused-ring (bicyclic) bond motifs is 14. The molecule has 5 unspecified atom stereocenters. The number of ether oxygens (including phenoxy) is 1. The summed E-state index contributed by atoms with van der Waals surface area (Å²) in [5.41, 5.74) is 16.3. The first-order chi connectivity index (χ1) is 26.8. The highest BCUT2D eigenvalue weighted by Crippen LogP contribution is 2.67. The number of hydrogen-bond donors (Lipinski definition) is 1. The normalized spacial score (nSPS) is 23.8. The maximum Gasteiger partial charge on any atom is 0.160 e.